The van der Waals surface area contributed by atoms with E-state index in [-0.39, 0.29) is 0 Å². The SMILES string of the molecule is CC(Cc1c[c]ccn1)N1CCOCC1. The van der Waals surface area contributed by atoms with Gasteiger partial charge in [0.1, 0.15) is 0 Å². The van der Waals surface area contributed by atoms with Crippen LogP contribution in [-0.2, 0) is 11.2 Å². The van der Waals surface area contributed by atoms with Crippen molar-refractivity contribution in [1.29, 1.82) is 0 Å². The lowest BCUT2D eigenvalue weighted by atomic mass is 10.1. The van der Waals surface area contributed by atoms with Crippen molar-refractivity contribution in [2.75, 3.05) is 26.3 Å². The molecular weight excluding hydrogens is 188 g/mol. The summed E-state index contributed by atoms with van der Waals surface area (Å²) in [6.07, 6.45) is 2.80. The second-order valence-corrected chi connectivity index (χ2v) is 3.95. The second kappa shape index (κ2) is 5.24. The molecule has 1 atom stereocenters. The minimum absolute atomic E-state index is 0.539. The molecule has 0 bridgehead atoms. The van der Waals surface area contributed by atoms with Crippen LogP contribution in [-0.4, -0.2) is 42.2 Å². The van der Waals surface area contributed by atoms with Gasteiger partial charge in [-0.05, 0) is 25.1 Å². The van der Waals surface area contributed by atoms with Crippen LogP contribution in [0.3, 0.4) is 0 Å². The van der Waals surface area contributed by atoms with Crippen molar-refractivity contribution < 1.29 is 4.74 Å². The van der Waals surface area contributed by atoms with Gasteiger partial charge in [-0.3, -0.25) is 9.88 Å². The zero-order chi connectivity index (χ0) is 10.5. The number of aromatic nitrogens is 1. The van der Waals surface area contributed by atoms with Crippen LogP contribution in [0.15, 0.2) is 18.3 Å². The van der Waals surface area contributed by atoms with E-state index in [1.165, 1.54) is 0 Å². The first-order chi connectivity index (χ1) is 7.36. The lowest BCUT2D eigenvalue weighted by molar-refractivity contribution is 0.0202. The summed E-state index contributed by atoms with van der Waals surface area (Å²) >= 11 is 0. The standard InChI is InChI=1S/C12H17N2O/c1-11(14-6-8-15-9-7-14)10-12-4-2-3-5-13-12/h3-5,11H,6-10H2,1H3. The molecule has 3 nitrogen and oxygen atoms in total. The molecule has 3 heteroatoms. The summed E-state index contributed by atoms with van der Waals surface area (Å²) in [5.41, 5.74) is 1.12. The van der Waals surface area contributed by atoms with E-state index in [0.29, 0.717) is 6.04 Å². The average Bonchev–Trinajstić information content (AvgIpc) is 2.31. The Kier molecular flexibility index (Phi) is 3.69. The van der Waals surface area contributed by atoms with Crippen LogP contribution >= 0.6 is 0 Å². The van der Waals surface area contributed by atoms with Gasteiger partial charge in [0.2, 0.25) is 0 Å². The predicted molar refractivity (Wildman–Crippen MR) is 58.6 cm³/mol. The number of ether oxygens (including phenoxy) is 1. The van der Waals surface area contributed by atoms with E-state index < -0.39 is 0 Å². The van der Waals surface area contributed by atoms with E-state index in [9.17, 15) is 0 Å². The smallest absolute Gasteiger partial charge is 0.0594 e. The van der Waals surface area contributed by atoms with Crippen molar-refractivity contribution in [3.63, 3.8) is 0 Å². The first-order valence-corrected chi connectivity index (χ1v) is 5.49. The maximum absolute atomic E-state index is 5.34. The van der Waals surface area contributed by atoms with Crippen LogP contribution in [0.5, 0.6) is 0 Å². The predicted octanol–water partition coefficient (Wildman–Crippen LogP) is 1.14. The van der Waals surface area contributed by atoms with E-state index in [4.69, 9.17) is 4.74 Å². The van der Waals surface area contributed by atoms with Gasteiger partial charge in [-0.15, -0.1) is 0 Å². The molecule has 0 amide bonds. The molecule has 0 spiro atoms. The van der Waals surface area contributed by atoms with Crippen molar-refractivity contribution in [2.24, 2.45) is 0 Å². The molecule has 1 aliphatic rings. The van der Waals surface area contributed by atoms with Crippen LogP contribution in [0.4, 0.5) is 0 Å². The Labute approximate surface area is 91.1 Å². The maximum Gasteiger partial charge on any atom is 0.0594 e. The molecule has 1 unspecified atom stereocenters. The van der Waals surface area contributed by atoms with Gasteiger partial charge in [-0.1, -0.05) is 0 Å². The van der Waals surface area contributed by atoms with E-state index in [1.807, 2.05) is 12.1 Å². The lowest BCUT2D eigenvalue weighted by Crippen LogP contribution is -2.43. The summed E-state index contributed by atoms with van der Waals surface area (Å²) in [5.74, 6) is 0. The van der Waals surface area contributed by atoms with Gasteiger partial charge in [-0.25, -0.2) is 0 Å². The summed E-state index contributed by atoms with van der Waals surface area (Å²) < 4.78 is 5.34. The summed E-state index contributed by atoms with van der Waals surface area (Å²) in [7, 11) is 0. The highest BCUT2D eigenvalue weighted by Crippen LogP contribution is 2.08. The van der Waals surface area contributed by atoms with Gasteiger partial charge in [-0.2, -0.15) is 0 Å². The summed E-state index contributed by atoms with van der Waals surface area (Å²) in [6.45, 7) is 6.05. The van der Waals surface area contributed by atoms with Gasteiger partial charge < -0.3 is 4.74 Å². The topological polar surface area (TPSA) is 25.4 Å². The van der Waals surface area contributed by atoms with Crippen molar-refractivity contribution in [1.82, 2.24) is 9.88 Å². The highest BCUT2D eigenvalue weighted by molar-refractivity contribution is 5.03. The number of nitrogens with zero attached hydrogens (tertiary/aromatic N) is 2. The first kappa shape index (κ1) is 10.6. The van der Waals surface area contributed by atoms with Gasteiger partial charge in [0.25, 0.3) is 0 Å². The maximum atomic E-state index is 5.34. The Morgan fingerprint density at radius 2 is 2.33 bits per heavy atom. The minimum Gasteiger partial charge on any atom is -0.379 e. The molecule has 1 saturated heterocycles. The molecule has 1 aromatic rings. The largest absolute Gasteiger partial charge is 0.379 e. The number of pyridine rings is 1. The third-order valence-corrected chi connectivity index (χ3v) is 2.83. The molecule has 81 valence electrons. The Hall–Kier alpha value is -0.930. The molecule has 1 fully saturated rings. The zero-order valence-corrected chi connectivity index (χ0v) is 9.15. The third-order valence-electron chi connectivity index (χ3n) is 2.83. The van der Waals surface area contributed by atoms with Crippen molar-refractivity contribution >= 4 is 0 Å². The van der Waals surface area contributed by atoms with E-state index >= 15 is 0 Å². The molecule has 0 saturated carbocycles. The summed E-state index contributed by atoms with van der Waals surface area (Å²) in [5, 5.41) is 0. The molecule has 0 N–H and O–H groups in total. The fraction of sp³-hybridized carbons (Fsp3) is 0.583. The number of morpholine rings is 1. The monoisotopic (exact) mass is 205 g/mol. The Balaban J connectivity index is 1.88. The van der Waals surface area contributed by atoms with E-state index in [2.05, 4.69) is 22.9 Å². The molecule has 1 aliphatic heterocycles. The van der Waals surface area contributed by atoms with Crippen molar-refractivity contribution in [2.45, 2.75) is 19.4 Å². The third kappa shape index (κ3) is 3.01. The quantitative estimate of drug-likeness (QED) is 0.740. The Bertz CT molecular complexity index is 283. The Morgan fingerprint density at radius 1 is 1.53 bits per heavy atom. The van der Waals surface area contributed by atoms with Gasteiger partial charge in [0, 0.05) is 37.4 Å². The van der Waals surface area contributed by atoms with Crippen molar-refractivity contribution in [3.8, 4) is 0 Å². The molecule has 2 rings (SSSR count). The molecule has 2 heterocycles. The van der Waals surface area contributed by atoms with Crippen molar-refractivity contribution in [3.05, 3.63) is 30.1 Å². The van der Waals surface area contributed by atoms with Gasteiger partial charge >= 0.3 is 0 Å². The molecule has 15 heavy (non-hydrogen) atoms. The molecule has 1 aromatic heterocycles. The van der Waals surface area contributed by atoms with E-state index in [0.717, 1.165) is 38.4 Å². The fourth-order valence-electron chi connectivity index (χ4n) is 1.92. The summed E-state index contributed by atoms with van der Waals surface area (Å²) in [4.78, 5) is 6.78. The highest BCUT2D eigenvalue weighted by Gasteiger charge is 2.17. The van der Waals surface area contributed by atoms with Crippen LogP contribution < -0.4 is 0 Å². The lowest BCUT2D eigenvalue weighted by Gasteiger charge is -2.32. The fourth-order valence-corrected chi connectivity index (χ4v) is 1.92. The number of hydrogen-bond acceptors (Lipinski definition) is 3. The molecule has 0 aromatic carbocycles. The number of rotatable bonds is 3. The van der Waals surface area contributed by atoms with Gasteiger partial charge in [0.15, 0.2) is 0 Å². The zero-order valence-electron chi connectivity index (χ0n) is 9.15. The second-order valence-electron chi connectivity index (χ2n) is 3.95. The van der Waals surface area contributed by atoms with Crippen LogP contribution in [0.2, 0.25) is 0 Å². The summed E-state index contributed by atoms with van der Waals surface area (Å²) in [6, 6.07) is 7.41. The van der Waals surface area contributed by atoms with E-state index in [1.54, 1.807) is 6.20 Å². The highest BCUT2D eigenvalue weighted by atomic mass is 16.5. The molecular formula is C12H17N2O. The Morgan fingerprint density at radius 3 is 3.00 bits per heavy atom. The minimum atomic E-state index is 0.539. The van der Waals surface area contributed by atoms with Crippen LogP contribution in [0.1, 0.15) is 12.6 Å². The number of hydrogen-bond donors (Lipinski definition) is 0. The molecule has 0 aliphatic carbocycles. The van der Waals surface area contributed by atoms with Crippen LogP contribution in [0, 0.1) is 6.07 Å². The van der Waals surface area contributed by atoms with Gasteiger partial charge in [0.05, 0.1) is 13.2 Å². The van der Waals surface area contributed by atoms with Crippen LogP contribution in [0.25, 0.3) is 0 Å². The normalized spacial score (nSPS) is 20.1. The molecule has 1 radical (unpaired) electrons. The first-order valence-electron chi connectivity index (χ1n) is 5.49. The average molecular weight is 205 g/mol.